The van der Waals surface area contributed by atoms with Gasteiger partial charge in [0.15, 0.2) is 11.5 Å². The molecule has 1 N–H and O–H groups in total. The van der Waals surface area contributed by atoms with Crippen LogP contribution in [-0.4, -0.2) is 28.9 Å². The van der Waals surface area contributed by atoms with Crippen LogP contribution in [0.2, 0.25) is 0 Å². The molecule has 2 heterocycles. The maximum absolute atomic E-state index is 12.7. The molecule has 0 spiro atoms. The van der Waals surface area contributed by atoms with E-state index in [-0.39, 0.29) is 5.91 Å². The first kappa shape index (κ1) is 15.3. The quantitative estimate of drug-likeness (QED) is 0.798. The van der Waals surface area contributed by atoms with Gasteiger partial charge in [-0.3, -0.25) is 4.79 Å². The van der Waals surface area contributed by atoms with Crippen molar-refractivity contribution in [3.63, 3.8) is 0 Å². The lowest BCUT2D eigenvalue weighted by Gasteiger charge is -2.18. The third-order valence-electron chi connectivity index (χ3n) is 3.99. The van der Waals surface area contributed by atoms with E-state index < -0.39 is 0 Å². The highest BCUT2D eigenvalue weighted by Crippen LogP contribution is 2.31. The Morgan fingerprint density at radius 1 is 1.08 bits per heavy atom. The van der Waals surface area contributed by atoms with Gasteiger partial charge in [0.05, 0.1) is 11.9 Å². The number of benzene rings is 2. The van der Waals surface area contributed by atoms with Crippen LogP contribution in [0.1, 0.15) is 15.9 Å². The van der Waals surface area contributed by atoms with Crippen LogP contribution in [-0.2, 0) is 0 Å². The predicted octanol–water partition coefficient (Wildman–Crippen LogP) is 3.20. The number of fused-ring (bicyclic) bond motifs is 1. The standard InChI is InChI=1S/C19H17N3O3/c1-13-12-20-22(15-5-3-2-4-6-15)18(13)21-19(23)14-7-8-16-17(11-14)25-10-9-24-16/h2-8,11-12H,9-10H2,1H3,(H,21,23). The second-order valence-corrected chi connectivity index (χ2v) is 5.74. The zero-order valence-corrected chi connectivity index (χ0v) is 13.7. The molecule has 0 unspecified atom stereocenters. The van der Waals surface area contributed by atoms with E-state index in [1.54, 1.807) is 29.1 Å². The molecule has 0 atom stereocenters. The second kappa shape index (κ2) is 6.32. The lowest BCUT2D eigenvalue weighted by molar-refractivity contribution is 0.102. The lowest BCUT2D eigenvalue weighted by atomic mass is 10.1. The fourth-order valence-electron chi connectivity index (χ4n) is 2.71. The molecule has 0 saturated carbocycles. The van der Waals surface area contributed by atoms with Crippen molar-refractivity contribution in [2.75, 3.05) is 18.5 Å². The Bertz CT molecular complexity index is 919. The van der Waals surface area contributed by atoms with E-state index in [0.717, 1.165) is 11.3 Å². The molecule has 0 fully saturated rings. The van der Waals surface area contributed by atoms with Crippen molar-refractivity contribution >= 4 is 11.7 Å². The number of rotatable bonds is 3. The normalized spacial score (nSPS) is 12.7. The van der Waals surface area contributed by atoms with E-state index in [1.807, 2.05) is 37.3 Å². The van der Waals surface area contributed by atoms with Gasteiger partial charge >= 0.3 is 0 Å². The number of hydrogen-bond acceptors (Lipinski definition) is 4. The van der Waals surface area contributed by atoms with Crippen LogP contribution in [0.25, 0.3) is 5.69 Å². The minimum absolute atomic E-state index is 0.224. The molecule has 2 aromatic carbocycles. The molecule has 1 aliphatic heterocycles. The number of aryl methyl sites for hydroxylation is 1. The zero-order valence-electron chi connectivity index (χ0n) is 13.7. The summed E-state index contributed by atoms with van der Waals surface area (Å²) >= 11 is 0. The SMILES string of the molecule is Cc1cnn(-c2ccccc2)c1NC(=O)c1ccc2c(c1)OCCO2. The van der Waals surface area contributed by atoms with E-state index >= 15 is 0 Å². The maximum Gasteiger partial charge on any atom is 0.256 e. The number of ether oxygens (including phenoxy) is 2. The fraction of sp³-hybridized carbons (Fsp3) is 0.158. The van der Waals surface area contributed by atoms with Gasteiger partial charge in [0.25, 0.3) is 5.91 Å². The summed E-state index contributed by atoms with van der Waals surface area (Å²) in [7, 11) is 0. The Labute approximate surface area is 145 Å². The molecule has 3 aromatic rings. The van der Waals surface area contributed by atoms with Crippen LogP contribution in [0, 0.1) is 6.92 Å². The lowest BCUT2D eigenvalue weighted by Crippen LogP contribution is -2.18. The number of para-hydroxylation sites is 1. The number of nitrogens with one attached hydrogen (secondary N) is 1. The van der Waals surface area contributed by atoms with E-state index in [1.165, 1.54) is 0 Å². The van der Waals surface area contributed by atoms with Crippen LogP contribution in [0.4, 0.5) is 5.82 Å². The first-order chi connectivity index (χ1) is 12.2. The summed E-state index contributed by atoms with van der Waals surface area (Å²) in [6.45, 7) is 2.91. The molecule has 126 valence electrons. The van der Waals surface area contributed by atoms with Crippen LogP contribution in [0.5, 0.6) is 11.5 Å². The molecule has 1 aromatic heterocycles. The van der Waals surface area contributed by atoms with Crippen LogP contribution in [0.3, 0.4) is 0 Å². The third kappa shape index (κ3) is 2.94. The Hall–Kier alpha value is -3.28. The highest BCUT2D eigenvalue weighted by Gasteiger charge is 2.17. The van der Waals surface area contributed by atoms with Crippen LogP contribution >= 0.6 is 0 Å². The van der Waals surface area contributed by atoms with E-state index in [2.05, 4.69) is 10.4 Å². The minimum atomic E-state index is -0.224. The van der Waals surface area contributed by atoms with Gasteiger partial charge in [0.1, 0.15) is 19.0 Å². The molecular weight excluding hydrogens is 318 g/mol. The number of amides is 1. The van der Waals surface area contributed by atoms with E-state index in [0.29, 0.717) is 36.1 Å². The minimum Gasteiger partial charge on any atom is -0.486 e. The van der Waals surface area contributed by atoms with Gasteiger partial charge in [-0.25, -0.2) is 4.68 Å². The summed E-state index contributed by atoms with van der Waals surface area (Å²) in [6.07, 6.45) is 1.73. The summed E-state index contributed by atoms with van der Waals surface area (Å²) in [5.74, 6) is 1.67. The van der Waals surface area contributed by atoms with E-state index in [9.17, 15) is 4.79 Å². The van der Waals surface area contributed by atoms with Gasteiger partial charge in [0, 0.05) is 11.1 Å². The summed E-state index contributed by atoms with van der Waals surface area (Å²) in [5, 5.41) is 7.31. The average Bonchev–Trinajstić information content (AvgIpc) is 3.02. The summed E-state index contributed by atoms with van der Waals surface area (Å²) in [6, 6.07) is 14.8. The topological polar surface area (TPSA) is 65.4 Å². The fourth-order valence-corrected chi connectivity index (χ4v) is 2.71. The van der Waals surface area contributed by atoms with Gasteiger partial charge in [-0.2, -0.15) is 5.10 Å². The van der Waals surface area contributed by atoms with Gasteiger partial charge in [-0.1, -0.05) is 18.2 Å². The molecule has 0 aliphatic carbocycles. The molecule has 0 bridgehead atoms. The van der Waals surface area contributed by atoms with Crippen molar-refractivity contribution in [1.82, 2.24) is 9.78 Å². The molecule has 6 nitrogen and oxygen atoms in total. The molecule has 1 aliphatic rings. The second-order valence-electron chi connectivity index (χ2n) is 5.74. The molecule has 0 saturated heterocycles. The van der Waals surface area contributed by atoms with Gasteiger partial charge in [-0.05, 0) is 37.3 Å². The first-order valence-electron chi connectivity index (χ1n) is 8.03. The summed E-state index contributed by atoms with van der Waals surface area (Å²) in [4.78, 5) is 12.7. The molecule has 25 heavy (non-hydrogen) atoms. The largest absolute Gasteiger partial charge is 0.486 e. The molecule has 6 heteroatoms. The van der Waals surface area contributed by atoms with E-state index in [4.69, 9.17) is 9.47 Å². The van der Waals surface area contributed by atoms with Gasteiger partial charge in [0.2, 0.25) is 0 Å². The van der Waals surface area contributed by atoms with Gasteiger partial charge in [-0.15, -0.1) is 0 Å². The monoisotopic (exact) mass is 335 g/mol. The number of carbonyl (C=O) groups excluding carboxylic acids is 1. The van der Waals surface area contributed by atoms with Crippen molar-refractivity contribution in [2.45, 2.75) is 6.92 Å². The first-order valence-corrected chi connectivity index (χ1v) is 8.03. The Kier molecular flexibility index (Phi) is 3.85. The Morgan fingerprint density at radius 2 is 1.84 bits per heavy atom. The summed E-state index contributed by atoms with van der Waals surface area (Å²) < 4.78 is 12.7. The van der Waals surface area contributed by atoms with Crippen LogP contribution < -0.4 is 14.8 Å². The molecular formula is C19H17N3O3. The van der Waals surface area contributed by atoms with Crippen molar-refractivity contribution in [1.29, 1.82) is 0 Å². The van der Waals surface area contributed by atoms with Crippen LogP contribution in [0.15, 0.2) is 54.7 Å². The number of hydrogen-bond donors (Lipinski definition) is 1. The number of anilines is 1. The highest BCUT2D eigenvalue weighted by molar-refractivity contribution is 6.04. The zero-order chi connectivity index (χ0) is 17.2. The highest BCUT2D eigenvalue weighted by atomic mass is 16.6. The number of nitrogens with zero attached hydrogens (tertiary/aromatic N) is 2. The van der Waals surface area contributed by atoms with Crippen molar-refractivity contribution in [3.05, 3.63) is 65.9 Å². The predicted molar refractivity (Wildman–Crippen MR) is 93.7 cm³/mol. The maximum atomic E-state index is 12.7. The number of carbonyl (C=O) groups is 1. The molecule has 1 amide bonds. The van der Waals surface area contributed by atoms with Gasteiger partial charge < -0.3 is 14.8 Å². The van der Waals surface area contributed by atoms with Crippen molar-refractivity contribution < 1.29 is 14.3 Å². The third-order valence-corrected chi connectivity index (χ3v) is 3.99. The molecule has 4 rings (SSSR count). The van der Waals surface area contributed by atoms with Crippen molar-refractivity contribution in [2.24, 2.45) is 0 Å². The Balaban J connectivity index is 1.63. The van der Waals surface area contributed by atoms with Crippen molar-refractivity contribution in [3.8, 4) is 17.2 Å². The summed E-state index contributed by atoms with van der Waals surface area (Å²) in [5.41, 5.74) is 2.27. The molecule has 0 radical (unpaired) electrons. The Morgan fingerprint density at radius 3 is 2.64 bits per heavy atom. The average molecular weight is 335 g/mol. The smallest absolute Gasteiger partial charge is 0.256 e. The number of aromatic nitrogens is 2.